The van der Waals surface area contributed by atoms with Gasteiger partial charge in [-0.2, -0.15) is 0 Å². The van der Waals surface area contributed by atoms with Crippen LogP contribution in [0, 0.1) is 0 Å². The first kappa shape index (κ1) is 36.0. The lowest BCUT2D eigenvalue weighted by Gasteiger charge is -2.10. The Morgan fingerprint density at radius 3 is 0.722 bits per heavy atom. The molecule has 36 heavy (non-hydrogen) atoms. The first-order chi connectivity index (χ1) is 17.8. The van der Waals surface area contributed by atoms with Crippen molar-refractivity contribution in [1.82, 2.24) is 4.90 Å². The fraction of sp³-hybridized carbons (Fsp3) is 1.00. The Morgan fingerprint density at radius 1 is 0.333 bits per heavy atom. The van der Waals surface area contributed by atoms with E-state index in [0.717, 1.165) is 18.5 Å². The molecule has 0 aliphatic carbocycles. The van der Waals surface area contributed by atoms with Crippen molar-refractivity contribution >= 4 is 15.9 Å². The molecule has 0 unspecified atom stereocenters. The zero-order valence-corrected chi connectivity index (χ0v) is 24.1. The minimum Gasteiger partial charge on any atom is -0.378 e. The molecule has 0 heterocycles. The van der Waals surface area contributed by atoms with Gasteiger partial charge in [0.15, 0.2) is 0 Å². The summed E-state index contributed by atoms with van der Waals surface area (Å²) in [7, 11) is 4.04. The number of hydrogen-bond acceptors (Lipinski definition) is 11. The van der Waals surface area contributed by atoms with Crippen molar-refractivity contribution in [3.63, 3.8) is 0 Å². The van der Waals surface area contributed by atoms with E-state index in [-0.39, 0.29) is 0 Å². The molecule has 218 valence electrons. The van der Waals surface area contributed by atoms with Gasteiger partial charge in [-0.05, 0) is 14.1 Å². The van der Waals surface area contributed by atoms with Crippen LogP contribution in [-0.4, -0.2) is 163 Å². The van der Waals surface area contributed by atoms with E-state index in [0.29, 0.717) is 126 Å². The van der Waals surface area contributed by atoms with Crippen LogP contribution < -0.4 is 0 Å². The van der Waals surface area contributed by atoms with Gasteiger partial charge in [0.1, 0.15) is 0 Å². The number of ether oxygens (including phenoxy) is 10. The number of halogens is 1. The second-order valence-corrected chi connectivity index (χ2v) is 8.41. The van der Waals surface area contributed by atoms with Gasteiger partial charge < -0.3 is 52.3 Å². The minimum absolute atomic E-state index is 0.528. The molecular formula is C24H50BrNO10. The van der Waals surface area contributed by atoms with Gasteiger partial charge in [-0.25, -0.2) is 0 Å². The lowest BCUT2D eigenvalue weighted by Crippen LogP contribution is -2.19. The number of alkyl halides is 1. The Morgan fingerprint density at radius 2 is 0.528 bits per heavy atom. The van der Waals surface area contributed by atoms with E-state index in [1.54, 1.807) is 0 Å². The van der Waals surface area contributed by atoms with Crippen LogP contribution in [0.4, 0.5) is 0 Å². The topological polar surface area (TPSA) is 95.5 Å². The first-order valence-corrected chi connectivity index (χ1v) is 13.9. The van der Waals surface area contributed by atoms with Crippen molar-refractivity contribution in [2.75, 3.05) is 158 Å². The van der Waals surface area contributed by atoms with E-state index < -0.39 is 0 Å². The maximum atomic E-state index is 5.46. The van der Waals surface area contributed by atoms with Crippen LogP contribution in [0.1, 0.15) is 0 Å². The second-order valence-electron chi connectivity index (χ2n) is 7.62. The highest BCUT2D eigenvalue weighted by atomic mass is 79.9. The highest BCUT2D eigenvalue weighted by Crippen LogP contribution is 1.87. The third kappa shape index (κ3) is 34.0. The largest absolute Gasteiger partial charge is 0.378 e. The standard InChI is InChI=1S/C24H50BrNO10/c1-26(2)4-6-28-8-10-30-12-14-32-16-18-34-20-22-36-24-23-35-21-19-33-17-15-31-13-11-29-9-7-27-5-3-25/h3-24H2,1-2H3. The average Bonchev–Trinajstić information content (AvgIpc) is 2.87. The lowest BCUT2D eigenvalue weighted by atomic mass is 10.6. The van der Waals surface area contributed by atoms with Gasteiger partial charge >= 0.3 is 0 Å². The van der Waals surface area contributed by atoms with E-state index in [9.17, 15) is 0 Å². The van der Waals surface area contributed by atoms with E-state index in [1.807, 2.05) is 14.1 Å². The SMILES string of the molecule is CN(C)CCOCCOCCOCCOCCOCCOCCOCCOCCOCCOCCBr. The van der Waals surface area contributed by atoms with Crippen molar-refractivity contribution in [2.24, 2.45) is 0 Å². The van der Waals surface area contributed by atoms with Crippen molar-refractivity contribution in [3.05, 3.63) is 0 Å². The van der Waals surface area contributed by atoms with Crippen LogP contribution in [0.2, 0.25) is 0 Å². The van der Waals surface area contributed by atoms with Crippen LogP contribution >= 0.6 is 15.9 Å². The number of nitrogens with zero attached hydrogens (tertiary/aromatic N) is 1. The van der Waals surface area contributed by atoms with Crippen LogP contribution in [0.15, 0.2) is 0 Å². The zero-order chi connectivity index (χ0) is 26.2. The molecule has 12 heteroatoms. The fourth-order valence-corrected chi connectivity index (χ4v) is 2.61. The summed E-state index contributed by atoms with van der Waals surface area (Å²) in [6.07, 6.45) is 0. The Hall–Kier alpha value is 0.0400. The lowest BCUT2D eigenvalue weighted by molar-refractivity contribution is -0.0263. The van der Waals surface area contributed by atoms with Gasteiger partial charge in [0.25, 0.3) is 0 Å². The molecular weight excluding hydrogens is 542 g/mol. The third-order valence-corrected chi connectivity index (χ3v) is 4.58. The highest BCUT2D eigenvalue weighted by Gasteiger charge is 1.96. The van der Waals surface area contributed by atoms with E-state index in [4.69, 9.17) is 47.4 Å². The van der Waals surface area contributed by atoms with E-state index >= 15 is 0 Å². The molecule has 0 saturated heterocycles. The molecule has 0 aliphatic rings. The van der Waals surface area contributed by atoms with Crippen molar-refractivity contribution in [2.45, 2.75) is 0 Å². The number of rotatable bonds is 32. The van der Waals surface area contributed by atoms with Crippen LogP contribution in [0.5, 0.6) is 0 Å². The molecule has 0 aromatic heterocycles. The summed E-state index contributed by atoms with van der Waals surface area (Å²) in [4.78, 5) is 2.08. The van der Waals surface area contributed by atoms with Crippen molar-refractivity contribution in [3.8, 4) is 0 Å². The van der Waals surface area contributed by atoms with Gasteiger partial charge in [0, 0.05) is 11.9 Å². The molecule has 11 nitrogen and oxygen atoms in total. The summed E-state index contributed by atoms with van der Waals surface area (Å²) in [6, 6.07) is 0. The quantitative estimate of drug-likeness (QED) is 0.0831. The van der Waals surface area contributed by atoms with Gasteiger partial charge in [-0.15, -0.1) is 0 Å². The molecule has 0 fully saturated rings. The molecule has 0 saturated carbocycles. The Labute approximate surface area is 226 Å². The highest BCUT2D eigenvalue weighted by molar-refractivity contribution is 9.09. The maximum absolute atomic E-state index is 5.46. The molecule has 0 aromatic rings. The minimum atomic E-state index is 0.528. The second kappa shape index (κ2) is 33.1. The molecule has 0 rings (SSSR count). The van der Waals surface area contributed by atoms with Gasteiger partial charge in [0.05, 0.1) is 132 Å². The molecule has 0 aliphatic heterocycles. The molecule has 0 atom stereocenters. The normalized spacial score (nSPS) is 11.7. The number of likely N-dealkylation sites (N-methyl/N-ethyl adjacent to an activating group) is 1. The molecule has 0 N–H and O–H groups in total. The fourth-order valence-electron chi connectivity index (χ4n) is 2.38. The van der Waals surface area contributed by atoms with E-state index in [2.05, 4.69) is 20.8 Å². The maximum Gasteiger partial charge on any atom is 0.0701 e. The van der Waals surface area contributed by atoms with Crippen molar-refractivity contribution in [1.29, 1.82) is 0 Å². The van der Waals surface area contributed by atoms with Crippen LogP contribution in [0.3, 0.4) is 0 Å². The molecule has 0 spiro atoms. The summed E-state index contributed by atoms with van der Waals surface area (Å²) >= 11 is 3.30. The Kier molecular flexibility index (Phi) is 33.1. The van der Waals surface area contributed by atoms with Gasteiger partial charge in [0.2, 0.25) is 0 Å². The predicted molar refractivity (Wildman–Crippen MR) is 141 cm³/mol. The molecule has 0 amide bonds. The molecule has 0 radical (unpaired) electrons. The molecule has 0 aromatic carbocycles. The van der Waals surface area contributed by atoms with Gasteiger partial charge in [-0.1, -0.05) is 15.9 Å². The van der Waals surface area contributed by atoms with Gasteiger partial charge in [-0.3, -0.25) is 0 Å². The average molecular weight is 593 g/mol. The van der Waals surface area contributed by atoms with Crippen LogP contribution in [-0.2, 0) is 47.4 Å². The van der Waals surface area contributed by atoms with E-state index in [1.165, 1.54) is 0 Å². The molecule has 0 bridgehead atoms. The summed E-state index contributed by atoms with van der Waals surface area (Å²) in [6.45, 7) is 12.3. The summed E-state index contributed by atoms with van der Waals surface area (Å²) in [5, 5.41) is 0.842. The third-order valence-electron chi connectivity index (χ3n) is 4.25. The summed E-state index contributed by atoms with van der Waals surface area (Å²) < 4.78 is 54.2. The zero-order valence-electron chi connectivity index (χ0n) is 22.5. The predicted octanol–water partition coefficient (Wildman–Crippen LogP) is 1.11. The Bertz CT molecular complexity index is 400. The monoisotopic (exact) mass is 591 g/mol. The Balaban J connectivity index is 3.01. The van der Waals surface area contributed by atoms with Crippen molar-refractivity contribution < 1.29 is 47.4 Å². The smallest absolute Gasteiger partial charge is 0.0701 e. The first-order valence-electron chi connectivity index (χ1n) is 12.8. The summed E-state index contributed by atoms with van der Waals surface area (Å²) in [5.74, 6) is 0. The number of hydrogen-bond donors (Lipinski definition) is 0. The van der Waals surface area contributed by atoms with Crippen LogP contribution in [0.25, 0.3) is 0 Å². The summed E-state index contributed by atoms with van der Waals surface area (Å²) in [5.41, 5.74) is 0.